The van der Waals surface area contributed by atoms with Gasteiger partial charge in [0, 0.05) is 12.1 Å². The number of carbonyl (C=O) groups excluding carboxylic acids is 1. The molecule has 0 fully saturated rings. The fourth-order valence-corrected chi connectivity index (χ4v) is 2.18. The highest BCUT2D eigenvalue weighted by molar-refractivity contribution is 5.91. The van der Waals surface area contributed by atoms with E-state index in [1.54, 1.807) is 0 Å². The molecule has 0 saturated carbocycles. The van der Waals surface area contributed by atoms with Gasteiger partial charge in [0.1, 0.15) is 0 Å². The lowest BCUT2D eigenvalue weighted by Crippen LogP contribution is -2.13. The van der Waals surface area contributed by atoms with Crippen LogP contribution in [0.25, 0.3) is 0 Å². The molecule has 2 aromatic carbocycles. The van der Waals surface area contributed by atoms with Crippen LogP contribution in [0.15, 0.2) is 42.5 Å². The maximum Gasteiger partial charge on any atom is 0.224 e. The molecule has 2 heteroatoms. The van der Waals surface area contributed by atoms with Crippen LogP contribution in [0.1, 0.15) is 28.7 Å². The van der Waals surface area contributed by atoms with Crippen molar-refractivity contribution in [3.8, 4) is 0 Å². The average molecular weight is 267 g/mol. The minimum absolute atomic E-state index is 0.0672. The van der Waals surface area contributed by atoms with Gasteiger partial charge in [0.05, 0.1) is 0 Å². The maximum absolute atomic E-state index is 12.0. The van der Waals surface area contributed by atoms with Crippen molar-refractivity contribution in [3.63, 3.8) is 0 Å². The second kappa shape index (κ2) is 6.38. The molecule has 0 aliphatic heterocycles. The van der Waals surface area contributed by atoms with Crippen molar-refractivity contribution in [3.05, 3.63) is 64.7 Å². The molecule has 0 spiro atoms. The Labute approximate surface area is 120 Å². The lowest BCUT2D eigenvalue weighted by molar-refractivity contribution is -0.116. The summed E-state index contributed by atoms with van der Waals surface area (Å²) >= 11 is 0. The van der Waals surface area contributed by atoms with Gasteiger partial charge < -0.3 is 5.32 Å². The van der Waals surface area contributed by atoms with E-state index in [1.165, 1.54) is 16.7 Å². The number of rotatable bonds is 4. The maximum atomic E-state index is 12.0. The van der Waals surface area contributed by atoms with E-state index in [0.29, 0.717) is 6.42 Å². The molecule has 1 amide bonds. The molecule has 2 nitrogen and oxygen atoms in total. The summed E-state index contributed by atoms with van der Waals surface area (Å²) in [5, 5.41) is 2.98. The Balaban J connectivity index is 1.90. The Morgan fingerprint density at radius 2 is 1.60 bits per heavy atom. The van der Waals surface area contributed by atoms with Crippen LogP contribution in [0, 0.1) is 20.8 Å². The van der Waals surface area contributed by atoms with Crippen LogP contribution in [0.5, 0.6) is 0 Å². The summed E-state index contributed by atoms with van der Waals surface area (Å²) in [6.07, 6.45) is 1.29. The van der Waals surface area contributed by atoms with Crippen LogP contribution >= 0.6 is 0 Å². The molecule has 1 N–H and O–H groups in total. The highest BCUT2D eigenvalue weighted by Crippen LogP contribution is 2.16. The number of anilines is 1. The number of carbonyl (C=O) groups is 1. The van der Waals surface area contributed by atoms with Crippen LogP contribution in [0.2, 0.25) is 0 Å². The van der Waals surface area contributed by atoms with Crippen molar-refractivity contribution in [2.45, 2.75) is 33.6 Å². The van der Waals surface area contributed by atoms with Gasteiger partial charge in [-0.05, 0) is 44.4 Å². The summed E-state index contributed by atoms with van der Waals surface area (Å²) in [6.45, 7) is 6.13. The van der Waals surface area contributed by atoms with Crippen LogP contribution in [-0.2, 0) is 11.2 Å². The highest BCUT2D eigenvalue weighted by atomic mass is 16.1. The summed E-state index contributed by atoms with van der Waals surface area (Å²) in [4.78, 5) is 12.0. The molecule has 0 saturated heterocycles. The molecule has 0 heterocycles. The van der Waals surface area contributed by atoms with Gasteiger partial charge >= 0.3 is 0 Å². The molecule has 2 rings (SSSR count). The van der Waals surface area contributed by atoms with Gasteiger partial charge in [-0.25, -0.2) is 0 Å². The second-order valence-corrected chi connectivity index (χ2v) is 5.35. The van der Waals surface area contributed by atoms with Crippen LogP contribution in [0.3, 0.4) is 0 Å². The van der Waals surface area contributed by atoms with E-state index in [9.17, 15) is 4.79 Å². The smallest absolute Gasteiger partial charge is 0.224 e. The predicted molar refractivity (Wildman–Crippen MR) is 84.0 cm³/mol. The standard InChI is InChI=1S/C18H21NO/c1-13-4-7-16(8-5-13)9-11-18(20)19-17-10-6-14(2)12-15(17)3/h4-8,10,12H,9,11H2,1-3H3,(H,19,20). The number of benzene rings is 2. The zero-order valence-corrected chi connectivity index (χ0v) is 12.4. The Morgan fingerprint density at radius 1 is 0.950 bits per heavy atom. The first-order valence-electron chi connectivity index (χ1n) is 6.97. The minimum atomic E-state index is 0.0672. The summed E-state index contributed by atoms with van der Waals surface area (Å²) < 4.78 is 0. The zero-order valence-electron chi connectivity index (χ0n) is 12.4. The molecule has 0 radical (unpaired) electrons. The Kier molecular flexibility index (Phi) is 4.57. The van der Waals surface area contributed by atoms with Gasteiger partial charge in [0.25, 0.3) is 0 Å². The Morgan fingerprint density at radius 3 is 2.25 bits per heavy atom. The molecule has 20 heavy (non-hydrogen) atoms. The van der Waals surface area contributed by atoms with Crippen molar-refractivity contribution in [2.24, 2.45) is 0 Å². The number of amides is 1. The first kappa shape index (κ1) is 14.3. The molecule has 0 aliphatic carbocycles. The van der Waals surface area contributed by atoms with Crippen LogP contribution in [-0.4, -0.2) is 5.91 Å². The molecule has 0 aliphatic rings. The van der Waals surface area contributed by atoms with Gasteiger partial charge in [0.2, 0.25) is 5.91 Å². The lowest BCUT2D eigenvalue weighted by atomic mass is 10.1. The topological polar surface area (TPSA) is 29.1 Å². The van der Waals surface area contributed by atoms with Gasteiger partial charge in [-0.1, -0.05) is 47.5 Å². The third-order valence-electron chi connectivity index (χ3n) is 3.42. The minimum Gasteiger partial charge on any atom is -0.326 e. The molecule has 2 aromatic rings. The quantitative estimate of drug-likeness (QED) is 0.884. The molecule has 0 unspecified atom stereocenters. The fourth-order valence-electron chi connectivity index (χ4n) is 2.18. The molecule has 104 valence electrons. The molecular formula is C18H21NO. The monoisotopic (exact) mass is 267 g/mol. The second-order valence-electron chi connectivity index (χ2n) is 5.35. The summed E-state index contributed by atoms with van der Waals surface area (Å²) in [7, 11) is 0. The summed E-state index contributed by atoms with van der Waals surface area (Å²) in [6, 6.07) is 14.4. The van der Waals surface area contributed by atoms with Gasteiger partial charge in [-0.2, -0.15) is 0 Å². The normalized spacial score (nSPS) is 10.3. The number of aryl methyl sites for hydroxylation is 4. The van der Waals surface area contributed by atoms with E-state index in [-0.39, 0.29) is 5.91 Å². The SMILES string of the molecule is Cc1ccc(CCC(=O)Nc2ccc(C)cc2C)cc1. The van der Waals surface area contributed by atoms with Crippen LogP contribution in [0.4, 0.5) is 5.69 Å². The molecule has 0 atom stereocenters. The average Bonchev–Trinajstić information content (AvgIpc) is 2.41. The van der Waals surface area contributed by atoms with Crippen molar-refractivity contribution < 1.29 is 4.79 Å². The van der Waals surface area contributed by atoms with Crippen molar-refractivity contribution in [2.75, 3.05) is 5.32 Å². The van der Waals surface area contributed by atoms with Crippen molar-refractivity contribution >= 4 is 11.6 Å². The first-order valence-corrected chi connectivity index (χ1v) is 6.97. The largest absolute Gasteiger partial charge is 0.326 e. The van der Waals surface area contributed by atoms with Crippen molar-refractivity contribution in [1.82, 2.24) is 0 Å². The Bertz CT molecular complexity index is 599. The fraction of sp³-hybridized carbons (Fsp3) is 0.278. The summed E-state index contributed by atoms with van der Waals surface area (Å²) in [5.41, 5.74) is 5.67. The van der Waals surface area contributed by atoms with E-state index < -0.39 is 0 Å². The van der Waals surface area contributed by atoms with Gasteiger partial charge in [0.15, 0.2) is 0 Å². The van der Waals surface area contributed by atoms with E-state index in [1.807, 2.05) is 19.1 Å². The molecular weight excluding hydrogens is 246 g/mol. The number of hydrogen-bond donors (Lipinski definition) is 1. The van der Waals surface area contributed by atoms with Crippen molar-refractivity contribution in [1.29, 1.82) is 0 Å². The van der Waals surface area contributed by atoms with Gasteiger partial charge in [-0.15, -0.1) is 0 Å². The zero-order chi connectivity index (χ0) is 14.5. The predicted octanol–water partition coefficient (Wildman–Crippen LogP) is 4.18. The van der Waals surface area contributed by atoms with E-state index in [4.69, 9.17) is 0 Å². The lowest BCUT2D eigenvalue weighted by Gasteiger charge is -2.09. The van der Waals surface area contributed by atoms with E-state index in [0.717, 1.165) is 17.7 Å². The third kappa shape index (κ3) is 3.95. The number of nitrogens with one attached hydrogen (secondary N) is 1. The van der Waals surface area contributed by atoms with Crippen LogP contribution < -0.4 is 5.32 Å². The van der Waals surface area contributed by atoms with E-state index in [2.05, 4.69) is 49.5 Å². The summed E-state index contributed by atoms with van der Waals surface area (Å²) in [5.74, 6) is 0.0672. The highest BCUT2D eigenvalue weighted by Gasteiger charge is 2.05. The van der Waals surface area contributed by atoms with E-state index >= 15 is 0 Å². The third-order valence-corrected chi connectivity index (χ3v) is 3.42. The van der Waals surface area contributed by atoms with Gasteiger partial charge in [-0.3, -0.25) is 4.79 Å². The number of hydrogen-bond acceptors (Lipinski definition) is 1. The first-order chi connectivity index (χ1) is 9.54. The molecule has 0 bridgehead atoms. The Hall–Kier alpha value is -2.09. The molecule has 0 aromatic heterocycles.